The SMILES string of the molecule is CCO[C@@H]1c2nc(cs2)-c2ccc3c(c2)c(c(-c2cc(N4CCN(C)CC4)cnc2[C@H](C)OC)n3CCOC(C)C)CC(C)(C)COC(=O)[C@@H]2CCCN(N2)C(=O)[C@H]1NC(=O)Oc1ccc([N+](=O)[O-])cc1. The molecule has 0 saturated carbocycles. The number of esters is 1. The second-order valence-corrected chi connectivity index (χ2v) is 20.3. The number of nitro groups is 1. The second-order valence-electron chi connectivity index (χ2n) is 19.4. The fourth-order valence-corrected chi connectivity index (χ4v) is 10.3. The maximum atomic E-state index is 14.7. The van der Waals surface area contributed by atoms with Crippen molar-refractivity contribution in [2.45, 2.75) is 97.7 Å². The Hall–Kier alpha value is -6.03. The molecule has 3 aromatic heterocycles. The van der Waals surface area contributed by atoms with E-state index < -0.39 is 46.5 Å². The molecule has 20 heteroatoms. The third-order valence-corrected chi connectivity index (χ3v) is 14.1. The molecule has 5 aromatic rings. The summed E-state index contributed by atoms with van der Waals surface area (Å²) in [5.74, 6) is -1.08. The lowest BCUT2D eigenvalue weighted by Gasteiger charge is -2.36. The Kier molecular flexibility index (Phi) is 16.0. The summed E-state index contributed by atoms with van der Waals surface area (Å²) in [6.45, 7) is 17.1. The van der Waals surface area contributed by atoms with E-state index in [1.54, 1.807) is 14.0 Å². The van der Waals surface area contributed by atoms with Crippen LogP contribution >= 0.6 is 11.3 Å². The van der Waals surface area contributed by atoms with Crippen molar-refractivity contribution in [2.75, 3.05) is 71.6 Å². The average Bonchev–Trinajstić information content (AvgIpc) is 3.96. The van der Waals surface area contributed by atoms with Crippen molar-refractivity contribution in [1.29, 1.82) is 0 Å². The Morgan fingerprint density at radius 2 is 1.83 bits per heavy atom. The Bertz CT molecular complexity index is 2720. The third-order valence-electron chi connectivity index (χ3n) is 13.2. The molecule has 8 rings (SSSR count). The number of nitro benzene ring substituents is 1. The Morgan fingerprint density at radius 1 is 1.07 bits per heavy atom. The van der Waals surface area contributed by atoms with E-state index in [0.717, 1.165) is 70.8 Å². The number of amides is 2. The number of rotatable bonds is 13. The van der Waals surface area contributed by atoms with E-state index in [1.165, 1.54) is 40.6 Å². The number of hydrazine groups is 1. The van der Waals surface area contributed by atoms with Crippen LogP contribution in [0.25, 0.3) is 33.4 Å². The number of aromatic nitrogens is 3. The van der Waals surface area contributed by atoms with Gasteiger partial charge in [-0.1, -0.05) is 19.9 Å². The molecule has 380 valence electrons. The molecule has 2 saturated heterocycles. The summed E-state index contributed by atoms with van der Waals surface area (Å²) in [5.41, 5.74) is 9.53. The van der Waals surface area contributed by atoms with Gasteiger partial charge in [0.2, 0.25) is 0 Å². The van der Waals surface area contributed by atoms with Crippen molar-refractivity contribution in [3.63, 3.8) is 0 Å². The van der Waals surface area contributed by atoms with Crippen molar-refractivity contribution >= 4 is 51.6 Å². The third kappa shape index (κ3) is 11.7. The highest BCUT2D eigenvalue weighted by Crippen LogP contribution is 2.43. The van der Waals surface area contributed by atoms with Crippen LogP contribution in [0.1, 0.15) is 82.9 Å². The smallest absolute Gasteiger partial charge is 0.413 e. The van der Waals surface area contributed by atoms with E-state index in [0.29, 0.717) is 43.1 Å². The van der Waals surface area contributed by atoms with Crippen LogP contribution in [0.15, 0.2) is 60.1 Å². The number of carbonyl (C=O) groups excluding carboxylic acids is 3. The highest BCUT2D eigenvalue weighted by Gasteiger charge is 2.41. The molecule has 3 aliphatic heterocycles. The van der Waals surface area contributed by atoms with E-state index in [2.05, 4.69) is 64.2 Å². The number of cyclic esters (lactones) is 1. The first-order valence-electron chi connectivity index (χ1n) is 24.3. The summed E-state index contributed by atoms with van der Waals surface area (Å²) in [6, 6.07) is 11.3. The molecular weight excluding hydrogens is 931 g/mol. The van der Waals surface area contributed by atoms with Crippen molar-refractivity contribution in [3.8, 4) is 28.3 Å². The monoisotopic (exact) mass is 995 g/mol. The van der Waals surface area contributed by atoms with Gasteiger partial charge in [0.1, 0.15) is 28.9 Å². The lowest BCUT2D eigenvalue weighted by Crippen LogP contribution is -2.61. The van der Waals surface area contributed by atoms with Gasteiger partial charge in [-0.2, -0.15) is 0 Å². The molecule has 6 bridgehead atoms. The van der Waals surface area contributed by atoms with E-state index >= 15 is 0 Å². The van der Waals surface area contributed by atoms with Crippen LogP contribution in [0.4, 0.5) is 16.2 Å². The Balaban J connectivity index is 1.28. The summed E-state index contributed by atoms with van der Waals surface area (Å²) < 4.78 is 32.6. The van der Waals surface area contributed by atoms with Gasteiger partial charge < -0.3 is 43.4 Å². The van der Waals surface area contributed by atoms with Gasteiger partial charge in [0.15, 0.2) is 0 Å². The first kappa shape index (κ1) is 51.3. The highest BCUT2D eigenvalue weighted by atomic mass is 32.1. The molecule has 2 N–H and O–H groups in total. The Labute approximate surface area is 417 Å². The number of piperazine rings is 1. The zero-order valence-corrected chi connectivity index (χ0v) is 42.6. The van der Waals surface area contributed by atoms with Gasteiger partial charge in [-0.05, 0) is 89.9 Å². The Morgan fingerprint density at radius 3 is 2.54 bits per heavy atom. The largest absolute Gasteiger partial charge is 0.464 e. The zero-order chi connectivity index (χ0) is 50.6. The van der Waals surface area contributed by atoms with Crippen molar-refractivity contribution in [2.24, 2.45) is 5.41 Å². The number of fused-ring (bicyclic) bond motifs is 6. The van der Waals surface area contributed by atoms with Gasteiger partial charge in [0.05, 0.1) is 59.3 Å². The molecule has 71 heavy (non-hydrogen) atoms. The van der Waals surface area contributed by atoms with Crippen LogP contribution in [0.5, 0.6) is 5.75 Å². The number of hydrogen-bond donors (Lipinski definition) is 2. The fourth-order valence-electron chi connectivity index (χ4n) is 9.40. The zero-order valence-electron chi connectivity index (χ0n) is 41.8. The standard InChI is InChI=1S/C51H65N9O10S/c1-9-67-46-44(54-50(63)70-36-15-13-34(14-16-36)60(64)65)48(61)59-18-10-11-40(55-59)49(62)69-30-51(5,6)27-39-37-25-33(41-29-71-47(46)53-41)12-17-42(37)58(23-24-68-31(2)3)45(39)38-26-35(28-52-43(38)32(4)66-8)57-21-19-56(7)20-22-57/h12-17,25-26,28-29,31-32,40,44,46,55H,9-11,18-24,27,30H2,1-8H3,(H,54,63)/t32-,40-,44-,46-/m0/s1. The summed E-state index contributed by atoms with van der Waals surface area (Å²) in [4.78, 5) is 68.2. The molecule has 2 fully saturated rings. The maximum absolute atomic E-state index is 14.7. The normalized spacial score (nSPS) is 20.4. The molecule has 3 aliphatic rings. The highest BCUT2D eigenvalue weighted by molar-refractivity contribution is 7.10. The molecule has 0 unspecified atom stereocenters. The number of hydrogen-bond acceptors (Lipinski definition) is 16. The number of benzene rings is 2. The topological polar surface area (TPSA) is 205 Å². The van der Waals surface area contributed by atoms with Gasteiger partial charge in [-0.15, -0.1) is 11.3 Å². The van der Waals surface area contributed by atoms with Gasteiger partial charge in [0.25, 0.3) is 11.6 Å². The number of pyridine rings is 1. The van der Waals surface area contributed by atoms with E-state index in [-0.39, 0.29) is 43.4 Å². The van der Waals surface area contributed by atoms with Crippen LogP contribution in [0.3, 0.4) is 0 Å². The minimum atomic E-state index is -1.39. The van der Waals surface area contributed by atoms with Crippen LogP contribution in [0.2, 0.25) is 0 Å². The summed E-state index contributed by atoms with van der Waals surface area (Å²) in [5, 5.41) is 18.6. The first-order valence-corrected chi connectivity index (χ1v) is 25.2. The van der Waals surface area contributed by atoms with Crippen LogP contribution in [-0.4, -0.2) is 132 Å². The second kappa shape index (κ2) is 22.2. The van der Waals surface area contributed by atoms with Crippen LogP contribution in [-0.2, 0) is 41.5 Å². The number of carbonyl (C=O) groups is 3. The minimum Gasteiger partial charge on any atom is -0.464 e. The van der Waals surface area contributed by atoms with E-state index in [9.17, 15) is 24.5 Å². The number of non-ortho nitro benzene ring substituents is 1. The number of anilines is 1. The van der Waals surface area contributed by atoms with Crippen LogP contribution in [0, 0.1) is 15.5 Å². The van der Waals surface area contributed by atoms with E-state index in [4.69, 9.17) is 33.7 Å². The number of ether oxygens (including phenoxy) is 5. The number of methoxy groups -OCH3 is 1. The fraction of sp³-hybridized carbons (Fsp3) is 0.510. The summed E-state index contributed by atoms with van der Waals surface area (Å²) in [7, 11) is 3.84. The van der Waals surface area contributed by atoms with Gasteiger partial charge in [-0.25, -0.2) is 15.2 Å². The molecule has 4 atom stereocenters. The number of nitrogens with zero attached hydrogens (tertiary/aromatic N) is 7. The molecule has 2 aromatic carbocycles. The first-order chi connectivity index (χ1) is 34.0. The maximum Gasteiger partial charge on any atom is 0.413 e. The molecule has 0 aliphatic carbocycles. The molecule has 2 amide bonds. The number of nitrogens with one attached hydrogen (secondary N) is 2. The molecular formula is C51H65N9O10S. The van der Waals surface area contributed by atoms with E-state index in [1.807, 2.05) is 38.4 Å². The lowest BCUT2D eigenvalue weighted by molar-refractivity contribution is -0.384. The van der Waals surface area contributed by atoms with Crippen molar-refractivity contribution < 1.29 is 43.0 Å². The summed E-state index contributed by atoms with van der Waals surface area (Å²) >= 11 is 1.29. The van der Waals surface area contributed by atoms with Crippen molar-refractivity contribution in [1.82, 2.24) is 35.2 Å². The van der Waals surface area contributed by atoms with Gasteiger partial charge >= 0.3 is 12.1 Å². The van der Waals surface area contributed by atoms with Gasteiger partial charge in [-0.3, -0.25) is 29.7 Å². The molecule has 19 nitrogen and oxygen atoms in total. The lowest BCUT2D eigenvalue weighted by atomic mass is 9.84. The number of thiazole rings is 1. The summed E-state index contributed by atoms with van der Waals surface area (Å²) in [6.07, 6.45) is 0.908. The molecule has 0 radical (unpaired) electrons. The average molecular weight is 996 g/mol. The molecule has 6 heterocycles. The van der Waals surface area contributed by atoms with Crippen LogP contribution < -0.4 is 20.4 Å². The van der Waals surface area contributed by atoms with Crippen molar-refractivity contribution in [3.05, 3.63) is 86.5 Å². The number of likely N-dealkylation sites (N-methyl/N-ethyl adjacent to an activating group) is 1. The predicted octanol–water partition coefficient (Wildman–Crippen LogP) is 7.48. The quantitative estimate of drug-likeness (QED) is 0.0667. The van der Waals surface area contributed by atoms with Gasteiger partial charge in [0, 0.05) is 97.9 Å². The molecule has 0 spiro atoms. The predicted molar refractivity (Wildman–Crippen MR) is 269 cm³/mol. The minimum absolute atomic E-state index is 0.0122.